The SMILES string of the molecule is Cc1ccc(CC(=O)NC2CCCCC2N)cc1C. The Bertz CT molecular complexity index is 456. The molecule has 3 heteroatoms. The number of amides is 1. The number of carbonyl (C=O) groups is 1. The summed E-state index contributed by atoms with van der Waals surface area (Å²) in [4.78, 5) is 12.1. The fraction of sp³-hybridized carbons (Fsp3) is 0.562. The van der Waals surface area contributed by atoms with Crippen LogP contribution in [-0.2, 0) is 11.2 Å². The lowest BCUT2D eigenvalue weighted by molar-refractivity contribution is -0.121. The van der Waals surface area contributed by atoms with Crippen LogP contribution in [0.3, 0.4) is 0 Å². The maximum atomic E-state index is 12.1. The van der Waals surface area contributed by atoms with Crippen molar-refractivity contribution in [2.24, 2.45) is 5.73 Å². The van der Waals surface area contributed by atoms with Gasteiger partial charge >= 0.3 is 0 Å². The molecule has 2 atom stereocenters. The fourth-order valence-electron chi connectivity index (χ4n) is 2.70. The molecule has 19 heavy (non-hydrogen) atoms. The minimum atomic E-state index is 0.0885. The molecule has 0 aliphatic heterocycles. The normalized spacial score (nSPS) is 23.1. The fourth-order valence-corrected chi connectivity index (χ4v) is 2.70. The number of nitrogens with one attached hydrogen (secondary N) is 1. The highest BCUT2D eigenvalue weighted by Gasteiger charge is 2.23. The Kier molecular flexibility index (Phi) is 4.59. The standard InChI is InChI=1S/C16H24N2O/c1-11-7-8-13(9-12(11)2)10-16(19)18-15-6-4-3-5-14(15)17/h7-9,14-15H,3-6,10,17H2,1-2H3,(H,18,19). The molecular weight excluding hydrogens is 236 g/mol. The second kappa shape index (κ2) is 6.20. The lowest BCUT2D eigenvalue weighted by Gasteiger charge is -2.29. The summed E-state index contributed by atoms with van der Waals surface area (Å²) in [5, 5.41) is 3.09. The lowest BCUT2D eigenvalue weighted by atomic mass is 9.91. The molecule has 0 bridgehead atoms. The van der Waals surface area contributed by atoms with Gasteiger partial charge in [0.15, 0.2) is 0 Å². The van der Waals surface area contributed by atoms with Gasteiger partial charge in [0.25, 0.3) is 0 Å². The number of hydrogen-bond donors (Lipinski definition) is 2. The highest BCUT2D eigenvalue weighted by Crippen LogP contribution is 2.17. The maximum absolute atomic E-state index is 12.1. The van der Waals surface area contributed by atoms with Gasteiger partial charge < -0.3 is 11.1 Å². The third-order valence-electron chi connectivity index (χ3n) is 4.10. The van der Waals surface area contributed by atoms with Crippen molar-refractivity contribution in [3.63, 3.8) is 0 Å². The molecular formula is C16H24N2O. The second-order valence-corrected chi connectivity index (χ2v) is 5.72. The third kappa shape index (κ3) is 3.80. The molecule has 3 N–H and O–H groups in total. The largest absolute Gasteiger partial charge is 0.352 e. The van der Waals surface area contributed by atoms with E-state index in [9.17, 15) is 4.79 Å². The molecule has 0 radical (unpaired) electrons. The highest BCUT2D eigenvalue weighted by atomic mass is 16.1. The number of rotatable bonds is 3. The molecule has 1 amide bonds. The average molecular weight is 260 g/mol. The lowest BCUT2D eigenvalue weighted by Crippen LogP contribution is -2.49. The minimum Gasteiger partial charge on any atom is -0.352 e. The molecule has 0 aromatic heterocycles. The van der Waals surface area contributed by atoms with Gasteiger partial charge in [-0.25, -0.2) is 0 Å². The van der Waals surface area contributed by atoms with Crippen molar-refractivity contribution in [3.05, 3.63) is 34.9 Å². The van der Waals surface area contributed by atoms with Crippen molar-refractivity contribution in [1.82, 2.24) is 5.32 Å². The van der Waals surface area contributed by atoms with Crippen LogP contribution in [-0.4, -0.2) is 18.0 Å². The molecule has 0 heterocycles. The van der Waals surface area contributed by atoms with Crippen molar-refractivity contribution in [2.75, 3.05) is 0 Å². The third-order valence-corrected chi connectivity index (χ3v) is 4.10. The van der Waals surface area contributed by atoms with E-state index in [4.69, 9.17) is 5.73 Å². The van der Waals surface area contributed by atoms with Crippen LogP contribution < -0.4 is 11.1 Å². The molecule has 0 saturated heterocycles. The van der Waals surface area contributed by atoms with E-state index in [1.165, 1.54) is 24.0 Å². The summed E-state index contributed by atoms with van der Waals surface area (Å²) in [6.07, 6.45) is 4.84. The molecule has 1 fully saturated rings. The van der Waals surface area contributed by atoms with Crippen LogP contribution in [0.5, 0.6) is 0 Å². The van der Waals surface area contributed by atoms with Gasteiger partial charge in [0.05, 0.1) is 6.42 Å². The van der Waals surface area contributed by atoms with Crippen LogP contribution in [0.25, 0.3) is 0 Å². The number of nitrogens with two attached hydrogens (primary N) is 1. The van der Waals surface area contributed by atoms with Crippen LogP contribution in [0, 0.1) is 13.8 Å². The number of carbonyl (C=O) groups excluding carboxylic acids is 1. The predicted molar refractivity (Wildman–Crippen MR) is 78.0 cm³/mol. The first-order valence-corrected chi connectivity index (χ1v) is 7.17. The van der Waals surface area contributed by atoms with E-state index in [1.54, 1.807) is 0 Å². The van der Waals surface area contributed by atoms with Crippen molar-refractivity contribution in [3.8, 4) is 0 Å². The first-order valence-electron chi connectivity index (χ1n) is 7.17. The topological polar surface area (TPSA) is 55.1 Å². The molecule has 1 aromatic rings. The summed E-state index contributed by atoms with van der Waals surface area (Å²) < 4.78 is 0. The zero-order chi connectivity index (χ0) is 13.8. The Labute approximate surface area is 115 Å². The summed E-state index contributed by atoms with van der Waals surface area (Å²) in [5.74, 6) is 0.0885. The molecule has 1 aliphatic carbocycles. The van der Waals surface area contributed by atoms with E-state index in [0.717, 1.165) is 18.4 Å². The van der Waals surface area contributed by atoms with Gasteiger partial charge in [0.2, 0.25) is 5.91 Å². The molecule has 104 valence electrons. The average Bonchev–Trinajstić information content (AvgIpc) is 2.37. The Balaban J connectivity index is 1.91. The van der Waals surface area contributed by atoms with E-state index in [-0.39, 0.29) is 18.0 Å². The van der Waals surface area contributed by atoms with E-state index in [2.05, 4.69) is 31.3 Å². The quantitative estimate of drug-likeness (QED) is 0.875. The second-order valence-electron chi connectivity index (χ2n) is 5.72. The van der Waals surface area contributed by atoms with E-state index >= 15 is 0 Å². The molecule has 1 aliphatic rings. The van der Waals surface area contributed by atoms with Gasteiger partial charge in [-0.05, 0) is 43.4 Å². The van der Waals surface area contributed by atoms with Gasteiger partial charge in [0, 0.05) is 12.1 Å². The van der Waals surface area contributed by atoms with Gasteiger partial charge in [0.1, 0.15) is 0 Å². The molecule has 3 nitrogen and oxygen atoms in total. The Morgan fingerprint density at radius 2 is 2.00 bits per heavy atom. The summed E-state index contributed by atoms with van der Waals surface area (Å²) in [5.41, 5.74) is 9.62. The van der Waals surface area contributed by atoms with Crippen molar-refractivity contribution < 1.29 is 4.79 Å². The van der Waals surface area contributed by atoms with Gasteiger partial charge in [-0.1, -0.05) is 31.0 Å². The van der Waals surface area contributed by atoms with E-state index < -0.39 is 0 Å². The molecule has 1 aromatic carbocycles. The first-order chi connectivity index (χ1) is 9.06. The molecule has 2 unspecified atom stereocenters. The number of hydrogen-bond acceptors (Lipinski definition) is 2. The van der Waals surface area contributed by atoms with Gasteiger partial charge in [-0.2, -0.15) is 0 Å². The highest BCUT2D eigenvalue weighted by molar-refractivity contribution is 5.79. The maximum Gasteiger partial charge on any atom is 0.224 e. The molecule has 1 saturated carbocycles. The number of aryl methyl sites for hydroxylation is 2. The van der Waals surface area contributed by atoms with E-state index in [0.29, 0.717) is 6.42 Å². The van der Waals surface area contributed by atoms with Crippen LogP contribution in [0.4, 0.5) is 0 Å². The van der Waals surface area contributed by atoms with Crippen LogP contribution in [0.1, 0.15) is 42.4 Å². The zero-order valence-electron chi connectivity index (χ0n) is 11.9. The Morgan fingerprint density at radius 1 is 1.26 bits per heavy atom. The monoisotopic (exact) mass is 260 g/mol. The minimum absolute atomic E-state index is 0.0885. The van der Waals surface area contributed by atoms with Crippen LogP contribution in [0.2, 0.25) is 0 Å². The summed E-state index contributed by atoms with van der Waals surface area (Å²) in [6, 6.07) is 6.48. The van der Waals surface area contributed by atoms with Gasteiger partial charge in [-0.3, -0.25) is 4.79 Å². The van der Waals surface area contributed by atoms with Crippen LogP contribution in [0.15, 0.2) is 18.2 Å². The van der Waals surface area contributed by atoms with Crippen molar-refractivity contribution in [2.45, 2.75) is 58.0 Å². The first kappa shape index (κ1) is 14.1. The summed E-state index contributed by atoms with van der Waals surface area (Å²) >= 11 is 0. The van der Waals surface area contributed by atoms with Crippen molar-refractivity contribution >= 4 is 5.91 Å². The summed E-state index contributed by atoms with van der Waals surface area (Å²) in [7, 11) is 0. The molecule has 2 rings (SSSR count). The smallest absolute Gasteiger partial charge is 0.224 e. The predicted octanol–water partition coefficient (Wildman–Crippen LogP) is 2.23. The van der Waals surface area contributed by atoms with Crippen molar-refractivity contribution in [1.29, 1.82) is 0 Å². The van der Waals surface area contributed by atoms with Gasteiger partial charge in [-0.15, -0.1) is 0 Å². The van der Waals surface area contributed by atoms with Crippen LogP contribution >= 0.6 is 0 Å². The summed E-state index contributed by atoms with van der Waals surface area (Å²) in [6.45, 7) is 4.16. The number of benzene rings is 1. The zero-order valence-corrected chi connectivity index (χ0v) is 11.9. The Hall–Kier alpha value is -1.35. The van der Waals surface area contributed by atoms with E-state index in [1.807, 2.05) is 6.07 Å². The molecule has 0 spiro atoms. The Morgan fingerprint density at radius 3 is 2.68 bits per heavy atom.